The summed E-state index contributed by atoms with van der Waals surface area (Å²) in [5, 5.41) is 0. The van der Waals surface area contributed by atoms with Gasteiger partial charge >= 0.3 is 0 Å². The van der Waals surface area contributed by atoms with Crippen LogP contribution >= 0.6 is 0 Å². The van der Waals surface area contributed by atoms with Crippen molar-refractivity contribution in [3.63, 3.8) is 0 Å². The van der Waals surface area contributed by atoms with Crippen molar-refractivity contribution in [1.29, 1.82) is 0 Å². The molecule has 1 amide bonds. The molecule has 4 heteroatoms. The lowest BCUT2D eigenvalue weighted by atomic mass is 10.0. The molecule has 23 heavy (non-hydrogen) atoms. The molecule has 3 rings (SSSR count). The van der Waals surface area contributed by atoms with E-state index in [1.165, 1.54) is 6.42 Å². The number of hydrogen-bond acceptors (Lipinski definition) is 2. The van der Waals surface area contributed by atoms with Crippen LogP contribution in [0.3, 0.4) is 0 Å². The average molecular weight is 312 g/mol. The van der Waals surface area contributed by atoms with E-state index in [2.05, 4.69) is 17.1 Å². The zero-order chi connectivity index (χ0) is 16.4. The summed E-state index contributed by atoms with van der Waals surface area (Å²) in [4.78, 5) is 17.6. The maximum absolute atomic E-state index is 12.6. The lowest BCUT2D eigenvalue weighted by Crippen LogP contribution is -2.35. The predicted molar refractivity (Wildman–Crippen MR) is 92.0 cm³/mol. The summed E-state index contributed by atoms with van der Waals surface area (Å²) < 4.78 is 5.42. The van der Waals surface area contributed by atoms with Crippen LogP contribution in [-0.4, -0.2) is 36.0 Å². The van der Waals surface area contributed by atoms with Gasteiger partial charge in [-0.3, -0.25) is 4.79 Å². The number of methoxy groups -OCH3 is 1. The van der Waals surface area contributed by atoms with Gasteiger partial charge in [0.15, 0.2) is 0 Å². The standard InChI is InChI=1S/C19H24N2O2/c1-13-9-15(10-14(2)18(13)23-3)16-11-17(20-12-16)19(22)21-7-5-4-6-8-21/h9-12,20H,4-8H2,1-3H3. The van der Waals surface area contributed by atoms with Crippen LogP contribution in [0.1, 0.15) is 40.9 Å². The number of piperidine rings is 1. The summed E-state index contributed by atoms with van der Waals surface area (Å²) in [6.45, 7) is 5.82. The van der Waals surface area contributed by atoms with Crippen molar-refractivity contribution in [1.82, 2.24) is 9.88 Å². The van der Waals surface area contributed by atoms with Gasteiger partial charge in [-0.05, 0) is 73.6 Å². The molecule has 4 nitrogen and oxygen atoms in total. The van der Waals surface area contributed by atoms with Crippen molar-refractivity contribution in [2.45, 2.75) is 33.1 Å². The Labute approximate surface area is 137 Å². The Balaban J connectivity index is 1.85. The van der Waals surface area contributed by atoms with Crippen LogP contribution in [0.4, 0.5) is 0 Å². The van der Waals surface area contributed by atoms with Crippen LogP contribution in [-0.2, 0) is 0 Å². The number of aromatic nitrogens is 1. The number of benzene rings is 1. The number of nitrogens with one attached hydrogen (secondary N) is 1. The molecule has 0 unspecified atom stereocenters. The van der Waals surface area contributed by atoms with Crippen molar-refractivity contribution < 1.29 is 9.53 Å². The maximum Gasteiger partial charge on any atom is 0.270 e. The SMILES string of the molecule is COc1c(C)cc(-c2c[nH]c(C(=O)N3CCCCC3)c2)cc1C. The van der Waals surface area contributed by atoms with Crippen LogP contribution in [0.15, 0.2) is 24.4 Å². The van der Waals surface area contributed by atoms with E-state index in [-0.39, 0.29) is 5.91 Å². The molecule has 2 aromatic rings. The van der Waals surface area contributed by atoms with E-state index >= 15 is 0 Å². The van der Waals surface area contributed by atoms with Gasteiger partial charge in [-0.2, -0.15) is 0 Å². The second kappa shape index (κ2) is 6.49. The van der Waals surface area contributed by atoms with Gasteiger partial charge in [-0.25, -0.2) is 0 Å². The first kappa shape index (κ1) is 15.7. The summed E-state index contributed by atoms with van der Waals surface area (Å²) in [7, 11) is 1.70. The highest BCUT2D eigenvalue weighted by Crippen LogP contribution is 2.30. The van der Waals surface area contributed by atoms with Crippen molar-refractivity contribution in [3.05, 3.63) is 41.2 Å². The molecule has 2 heterocycles. The van der Waals surface area contributed by atoms with Crippen molar-refractivity contribution in [2.75, 3.05) is 20.2 Å². The Morgan fingerprint density at radius 3 is 2.30 bits per heavy atom. The van der Waals surface area contributed by atoms with Gasteiger partial charge in [-0.1, -0.05) is 0 Å². The Bertz CT molecular complexity index is 689. The molecule has 0 spiro atoms. The third-order valence-corrected chi connectivity index (χ3v) is 4.55. The monoisotopic (exact) mass is 312 g/mol. The molecule has 122 valence electrons. The zero-order valence-corrected chi connectivity index (χ0v) is 14.1. The van der Waals surface area contributed by atoms with E-state index in [0.29, 0.717) is 5.69 Å². The first-order valence-electron chi connectivity index (χ1n) is 8.23. The second-order valence-electron chi connectivity index (χ2n) is 6.30. The Morgan fingerprint density at radius 2 is 1.70 bits per heavy atom. The number of hydrogen-bond donors (Lipinski definition) is 1. The number of carbonyl (C=O) groups excluding carboxylic acids is 1. The molecule has 1 aromatic carbocycles. The summed E-state index contributed by atoms with van der Waals surface area (Å²) in [5.41, 5.74) is 5.03. The fraction of sp³-hybridized carbons (Fsp3) is 0.421. The average Bonchev–Trinajstić information content (AvgIpc) is 3.04. The van der Waals surface area contributed by atoms with E-state index in [0.717, 1.165) is 53.9 Å². The molecule has 1 aliphatic rings. The van der Waals surface area contributed by atoms with Gasteiger partial charge in [-0.15, -0.1) is 0 Å². The Kier molecular flexibility index (Phi) is 4.42. The van der Waals surface area contributed by atoms with E-state index in [1.54, 1.807) is 7.11 Å². The lowest BCUT2D eigenvalue weighted by Gasteiger charge is -2.26. The van der Waals surface area contributed by atoms with Crippen molar-refractivity contribution in [2.24, 2.45) is 0 Å². The minimum absolute atomic E-state index is 0.109. The summed E-state index contributed by atoms with van der Waals surface area (Å²) in [6, 6.07) is 6.16. The highest BCUT2D eigenvalue weighted by molar-refractivity contribution is 5.94. The first-order valence-corrected chi connectivity index (χ1v) is 8.23. The summed E-state index contributed by atoms with van der Waals surface area (Å²) in [5.74, 6) is 1.03. The molecule has 1 aromatic heterocycles. The molecule has 1 N–H and O–H groups in total. The molecule has 0 bridgehead atoms. The van der Waals surface area contributed by atoms with Crippen molar-refractivity contribution >= 4 is 5.91 Å². The Morgan fingerprint density at radius 1 is 1.04 bits per heavy atom. The smallest absolute Gasteiger partial charge is 0.270 e. The number of H-pyrrole nitrogens is 1. The number of likely N-dealkylation sites (tertiary alicyclic amines) is 1. The van der Waals surface area contributed by atoms with Gasteiger partial charge in [0, 0.05) is 19.3 Å². The predicted octanol–water partition coefficient (Wildman–Crippen LogP) is 3.93. The topological polar surface area (TPSA) is 45.3 Å². The van der Waals surface area contributed by atoms with E-state index in [4.69, 9.17) is 4.74 Å². The molecule has 0 saturated carbocycles. The highest BCUT2D eigenvalue weighted by Gasteiger charge is 2.20. The number of rotatable bonds is 3. The number of aryl methyl sites for hydroxylation is 2. The van der Waals surface area contributed by atoms with Crippen molar-refractivity contribution in [3.8, 4) is 16.9 Å². The second-order valence-corrected chi connectivity index (χ2v) is 6.30. The summed E-state index contributed by atoms with van der Waals surface area (Å²) >= 11 is 0. The van der Waals surface area contributed by atoms with Gasteiger partial charge in [0.2, 0.25) is 0 Å². The molecule has 0 aliphatic carbocycles. The number of aromatic amines is 1. The number of carbonyl (C=O) groups is 1. The van der Waals surface area contributed by atoms with Gasteiger partial charge < -0.3 is 14.6 Å². The van der Waals surface area contributed by atoms with Crippen LogP contribution in [0.2, 0.25) is 0 Å². The van der Waals surface area contributed by atoms with E-state index in [1.807, 2.05) is 31.0 Å². The van der Waals surface area contributed by atoms with Crippen LogP contribution < -0.4 is 4.74 Å². The van der Waals surface area contributed by atoms with Crippen LogP contribution in [0.5, 0.6) is 5.75 Å². The molecule has 1 saturated heterocycles. The van der Waals surface area contributed by atoms with Gasteiger partial charge in [0.1, 0.15) is 11.4 Å². The first-order chi connectivity index (χ1) is 11.1. The number of nitrogens with zero attached hydrogens (tertiary/aromatic N) is 1. The van der Waals surface area contributed by atoms with Crippen LogP contribution in [0.25, 0.3) is 11.1 Å². The zero-order valence-electron chi connectivity index (χ0n) is 14.1. The minimum Gasteiger partial charge on any atom is -0.496 e. The molecule has 1 fully saturated rings. The van der Waals surface area contributed by atoms with E-state index < -0.39 is 0 Å². The number of amides is 1. The highest BCUT2D eigenvalue weighted by atomic mass is 16.5. The molecule has 0 atom stereocenters. The third kappa shape index (κ3) is 3.11. The molecular weight excluding hydrogens is 288 g/mol. The fourth-order valence-corrected chi connectivity index (χ4v) is 3.39. The van der Waals surface area contributed by atoms with Crippen LogP contribution in [0, 0.1) is 13.8 Å². The van der Waals surface area contributed by atoms with Gasteiger partial charge in [0.05, 0.1) is 7.11 Å². The minimum atomic E-state index is 0.109. The Hall–Kier alpha value is -2.23. The maximum atomic E-state index is 12.6. The lowest BCUT2D eigenvalue weighted by molar-refractivity contribution is 0.0719. The normalized spacial score (nSPS) is 14.8. The molecule has 1 aliphatic heterocycles. The quantitative estimate of drug-likeness (QED) is 0.933. The number of ether oxygens (including phenoxy) is 1. The summed E-state index contributed by atoms with van der Waals surface area (Å²) in [6.07, 6.45) is 5.36. The van der Waals surface area contributed by atoms with Gasteiger partial charge in [0.25, 0.3) is 5.91 Å². The molecular formula is C19H24N2O2. The largest absolute Gasteiger partial charge is 0.496 e. The fourth-order valence-electron chi connectivity index (χ4n) is 3.39. The van der Waals surface area contributed by atoms with E-state index in [9.17, 15) is 4.79 Å². The molecule has 0 radical (unpaired) electrons. The third-order valence-electron chi connectivity index (χ3n) is 4.55.